The molecule has 16 heavy (non-hydrogen) atoms. The van der Waals surface area contributed by atoms with Gasteiger partial charge in [0.2, 0.25) is 0 Å². The highest BCUT2D eigenvalue weighted by Crippen LogP contribution is 2.37. The van der Waals surface area contributed by atoms with Crippen LogP contribution in [0.15, 0.2) is 16.6 Å². The SMILES string of the molecule is COc1cc(Br)cc(C2COCCN2)c1O. The first-order valence-electron chi connectivity index (χ1n) is 5.10. The lowest BCUT2D eigenvalue weighted by Crippen LogP contribution is -2.34. The molecule has 0 aromatic heterocycles. The lowest BCUT2D eigenvalue weighted by molar-refractivity contribution is 0.0759. The molecule has 2 N–H and O–H groups in total. The van der Waals surface area contributed by atoms with Gasteiger partial charge in [0.25, 0.3) is 0 Å². The van der Waals surface area contributed by atoms with Gasteiger partial charge in [0.15, 0.2) is 11.5 Å². The van der Waals surface area contributed by atoms with E-state index in [1.807, 2.05) is 6.07 Å². The van der Waals surface area contributed by atoms with Crippen LogP contribution in [0.1, 0.15) is 11.6 Å². The topological polar surface area (TPSA) is 50.7 Å². The van der Waals surface area contributed by atoms with E-state index in [1.165, 1.54) is 7.11 Å². The predicted molar refractivity (Wildman–Crippen MR) is 63.9 cm³/mol. The number of morpholine rings is 1. The molecular formula is C11H14BrNO3. The van der Waals surface area contributed by atoms with E-state index in [1.54, 1.807) is 6.07 Å². The highest BCUT2D eigenvalue weighted by Gasteiger charge is 2.21. The van der Waals surface area contributed by atoms with E-state index >= 15 is 0 Å². The maximum Gasteiger partial charge on any atom is 0.162 e. The molecule has 2 rings (SSSR count). The zero-order chi connectivity index (χ0) is 11.5. The number of phenols is 1. The summed E-state index contributed by atoms with van der Waals surface area (Å²) in [6, 6.07) is 3.63. The largest absolute Gasteiger partial charge is 0.504 e. The summed E-state index contributed by atoms with van der Waals surface area (Å²) >= 11 is 3.39. The van der Waals surface area contributed by atoms with E-state index in [0.29, 0.717) is 19.0 Å². The molecule has 88 valence electrons. The molecule has 1 atom stereocenters. The number of benzene rings is 1. The molecule has 1 unspecified atom stereocenters. The van der Waals surface area contributed by atoms with Crippen molar-refractivity contribution in [3.8, 4) is 11.5 Å². The normalized spacial score (nSPS) is 20.8. The Balaban J connectivity index is 2.34. The molecular weight excluding hydrogens is 274 g/mol. The maximum atomic E-state index is 10.0. The number of ether oxygens (including phenoxy) is 2. The van der Waals surface area contributed by atoms with Crippen LogP contribution in [0, 0.1) is 0 Å². The first kappa shape index (κ1) is 11.7. The van der Waals surface area contributed by atoms with E-state index < -0.39 is 0 Å². The Bertz CT molecular complexity index is 378. The van der Waals surface area contributed by atoms with Gasteiger partial charge in [-0.2, -0.15) is 0 Å². The molecule has 1 fully saturated rings. The van der Waals surface area contributed by atoms with Gasteiger partial charge in [-0.05, 0) is 12.1 Å². The van der Waals surface area contributed by atoms with Crippen molar-refractivity contribution in [2.75, 3.05) is 26.9 Å². The molecule has 1 aromatic carbocycles. The van der Waals surface area contributed by atoms with Crippen LogP contribution in [0.4, 0.5) is 0 Å². The minimum Gasteiger partial charge on any atom is -0.504 e. The fourth-order valence-corrected chi connectivity index (χ4v) is 2.24. The zero-order valence-electron chi connectivity index (χ0n) is 9.00. The first-order valence-corrected chi connectivity index (χ1v) is 5.89. The van der Waals surface area contributed by atoms with Crippen molar-refractivity contribution < 1.29 is 14.6 Å². The highest BCUT2D eigenvalue weighted by atomic mass is 79.9. The smallest absolute Gasteiger partial charge is 0.162 e. The highest BCUT2D eigenvalue weighted by molar-refractivity contribution is 9.10. The number of rotatable bonds is 2. The third kappa shape index (κ3) is 2.31. The molecule has 0 saturated carbocycles. The minimum atomic E-state index is 0.0140. The summed E-state index contributed by atoms with van der Waals surface area (Å²) < 4.78 is 11.4. The molecule has 5 heteroatoms. The van der Waals surface area contributed by atoms with E-state index in [0.717, 1.165) is 16.6 Å². The second-order valence-electron chi connectivity index (χ2n) is 3.63. The molecule has 0 bridgehead atoms. The lowest BCUT2D eigenvalue weighted by Gasteiger charge is -2.25. The van der Waals surface area contributed by atoms with Crippen molar-refractivity contribution in [1.82, 2.24) is 5.32 Å². The Labute approximate surface area is 103 Å². The number of hydrogen-bond acceptors (Lipinski definition) is 4. The van der Waals surface area contributed by atoms with Gasteiger partial charge in [-0.15, -0.1) is 0 Å². The van der Waals surface area contributed by atoms with E-state index in [2.05, 4.69) is 21.2 Å². The third-order valence-corrected chi connectivity index (χ3v) is 3.04. The fraction of sp³-hybridized carbons (Fsp3) is 0.455. The van der Waals surface area contributed by atoms with Crippen LogP contribution < -0.4 is 10.1 Å². The van der Waals surface area contributed by atoms with E-state index in [4.69, 9.17) is 9.47 Å². The molecule has 1 aliphatic heterocycles. The van der Waals surface area contributed by atoms with Crippen LogP contribution in [0.25, 0.3) is 0 Å². The Morgan fingerprint density at radius 1 is 1.56 bits per heavy atom. The molecule has 0 aliphatic carbocycles. The summed E-state index contributed by atoms with van der Waals surface area (Å²) in [5, 5.41) is 13.3. The van der Waals surface area contributed by atoms with Crippen LogP contribution in [0.5, 0.6) is 11.5 Å². The van der Waals surface area contributed by atoms with Crippen LogP contribution in [-0.4, -0.2) is 32.0 Å². The zero-order valence-corrected chi connectivity index (χ0v) is 10.6. The number of aromatic hydroxyl groups is 1. The maximum absolute atomic E-state index is 10.0. The Hall–Kier alpha value is -0.780. The van der Waals surface area contributed by atoms with Gasteiger partial charge in [-0.25, -0.2) is 0 Å². The van der Waals surface area contributed by atoms with Gasteiger partial charge in [0.1, 0.15) is 0 Å². The van der Waals surface area contributed by atoms with Crippen molar-refractivity contribution in [3.63, 3.8) is 0 Å². The summed E-state index contributed by atoms with van der Waals surface area (Å²) in [6.07, 6.45) is 0. The van der Waals surface area contributed by atoms with Crippen LogP contribution >= 0.6 is 15.9 Å². The molecule has 1 aromatic rings. The van der Waals surface area contributed by atoms with Crippen molar-refractivity contribution in [2.45, 2.75) is 6.04 Å². The van der Waals surface area contributed by atoms with Gasteiger partial charge >= 0.3 is 0 Å². The monoisotopic (exact) mass is 287 g/mol. The standard InChI is InChI=1S/C11H14BrNO3/c1-15-10-5-7(12)4-8(11(10)14)9-6-16-3-2-13-9/h4-5,9,13-14H,2-3,6H2,1H3. The Morgan fingerprint density at radius 3 is 3.00 bits per heavy atom. The molecule has 1 heterocycles. The van der Waals surface area contributed by atoms with E-state index in [-0.39, 0.29) is 11.8 Å². The lowest BCUT2D eigenvalue weighted by atomic mass is 10.1. The number of nitrogens with one attached hydrogen (secondary N) is 1. The minimum absolute atomic E-state index is 0.0140. The van der Waals surface area contributed by atoms with Gasteiger partial charge in [-0.3, -0.25) is 0 Å². The number of hydrogen-bond donors (Lipinski definition) is 2. The number of phenolic OH excluding ortho intramolecular Hbond substituents is 1. The summed E-state index contributed by atoms with van der Waals surface area (Å²) in [5.41, 5.74) is 0.797. The van der Waals surface area contributed by atoms with E-state index in [9.17, 15) is 5.11 Å². The van der Waals surface area contributed by atoms with Gasteiger partial charge in [0.05, 0.1) is 26.4 Å². The molecule has 0 spiro atoms. The Kier molecular flexibility index (Phi) is 3.68. The van der Waals surface area contributed by atoms with Crippen molar-refractivity contribution in [2.24, 2.45) is 0 Å². The third-order valence-electron chi connectivity index (χ3n) is 2.59. The number of methoxy groups -OCH3 is 1. The molecule has 0 amide bonds. The van der Waals surface area contributed by atoms with Crippen molar-refractivity contribution >= 4 is 15.9 Å². The van der Waals surface area contributed by atoms with Crippen LogP contribution in [0.2, 0.25) is 0 Å². The fourth-order valence-electron chi connectivity index (χ4n) is 1.78. The second-order valence-corrected chi connectivity index (χ2v) is 4.54. The molecule has 1 aliphatic rings. The molecule has 1 saturated heterocycles. The number of halogens is 1. The van der Waals surface area contributed by atoms with Gasteiger partial charge in [0, 0.05) is 16.6 Å². The van der Waals surface area contributed by atoms with Crippen LogP contribution in [-0.2, 0) is 4.74 Å². The van der Waals surface area contributed by atoms with Crippen molar-refractivity contribution in [3.05, 3.63) is 22.2 Å². The summed E-state index contributed by atoms with van der Waals surface area (Å²) in [4.78, 5) is 0. The summed E-state index contributed by atoms with van der Waals surface area (Å²) in [6.45, 7) is 2.06. The second kappa shape index (κ2) is 5.03. The van der Waals surface area contributed by atoms with Gasteiger partial charge in [-0.1, -0.05) is 15.9 Å². The van der Waals surface area contributed by atoms with Crippen LogP contribution in [0.3, 0.4) is 0 Å². The molecule has 4 nitrogen and oxygen atoms in total. The summed E-state index contributed by atoms with van der Waals surface area (Å²) in [5.74, 6) is 0.644. The quantitative estimate of drug-likeness (QED) is 0.871. The average molecular weight is 288 g/mol. The molecule has 0 radical (unpaired) electrons. The van der Waals surface area contributed by atoms with Crippen molar-refractivity contribution in [1.29, 1.82) is 0 Å². The summed E-state index contributed by atoms with van der Waals surface area (Å²) in [7, 11) is 1.54. The van der Waals surface area contributed by atoms with Gasteiger partial charge < -0.3 is 19.9 Å². The predicted octanol–water partition coefficient (Wildman–Crippen LogP) is 1.82. The first-order chi connectivity index (χ1) is 7.72. The Morgan fingerprint density at radius 2 is 2.38 bits per heavy atom. The average Bonchev–Trinajstić information content (AvgIpc) is 2.33.